The Bertz CT molecular complexity index is 1680. The maximum absolute atomic E-state index is 14.3. The van der Waals surface area contributed by atoms with Gasteiger partial charge < -0.3 is 21.3 Å². The van der Waals surface area contributed by atoms with Gasteiger partial charge in [-0.1, -0.05) is 110 Å². The highest BCUT2D eigenvalue weighted by Gasteiger charge is 2.36. The Morgan fingerprint density at radius 2 is 1.52 bits per heavy atom. The molecule has 1 aliphatic heterocycles. The molecule has 2 fully saturated rings. The van der Waals surface area contributed by atoms with Crippen LogP contribution < -0.4 is 21.3 Å². The van der Waals surface area contributed by atoms with Crippen LogP contribution in [0.4, 0.5) is 0 Å². The highest BCUT2D eigenvalue weighted by atomic mass is 32.2. The van der Waals surface area contributed by atoms with Gasteiger partial charge in [0.25, 0.3) is 5.91 Å². The molecule has 5 rings (SSSR count). The number of amides is 4. The molecule has 10 nitrogen and oxygen atoms in total. The molecule has 3 heterocycles. The lowest BCUT2D eigenvalue weighted by atomic mass is 9.82. The van der Waals surface area contributed by atoms with Crippen molar-refractivity contribution in [3.8, 4) is 0 Å². The van der Waals surface area contributed by atoms with Crippen LogP contribution in [-0.2, 0) is 20.9 Å². The van der Waals surface area contributed by atoms with Crippen molar-refractivity contribution in [1.29, 1.82) is 0 Å². The van der Waals surface area contributed by atoms with E-state index in [1.807, 2.05) is 90.1 Å². The van der Waals surface area contributed by atoms with E-state index in [2.05, 4.69) is 31.2 Å². The molecule has 3 aromatic rings. The molecule has 56 heavy (non-hydrogen) atoms. The quantitative estimate of drug-likeness (QED) is 0.102. The number of fused-ring (bicyclic) bond motifs is 1. The standard InChI is InChI=1S/C42H58N6O4S2.C2H6/c1-5-28(4)36(40(51)44-26-32-16-11-12-22-43-32)47-38(49)33(27(2)3)20-19-31(25-29-13-7-6-8-14-29)45-41(52)37(42-53-23-24-54-42)48-39(50)35-21-18-30-15-9-10-17-34(30)46-35;1-2/h9-12,15-18,21-22,27-29,31,33,36-37,42H,5-8,13-14,19-20,23-26H2,1-4H3,(H,44,51)(H,45,52)(H,47,49)(H,48,50);1-2H3/t28-,31-,33+,36?,37-;/m1./s1. The maximum Gasteiger partial charge on any atom is 0.270 e. The highest BCUT2D eigenvalue weighted by molar-refractivity contribution is 8.20. The molecule has 0 spiro atoms. The van der Waals surface area contributed by atoms with Crippen molar-refractivity contribution in [2.24, 2.45) is 23.7 Å². The van der Waals surface area contributed by atoms with Crippen LogP contribution in [0.3, 0.4) is 0 Å². The van der Waals surface area contributed by atoms with E-state index in [-0.39, 0.29) is 64.2 Å². The van der Waals surface area contributed by atoms with E-state index in [1.165, 1.54) is 19.3 Å². The van der Waals surface area contributed by atoms with Crippen molar-refractivity contribution in [3.05, 3.63) is 72.2 Å². The second-order valence-corrected chi connectivity index (χ2v) is 18.0. The van der Waals surface area contributed by atoms with E-state index in [1.54, 1.807) is 35.8 Å². The average Bonchev–Trinajstić information content (AvgIpc) is 3.76. The number of thioether (sulfide) groups is 2. The molecule has 1 saturated heterocycles. The minimum absolute atomic E-state index is 0.0259. The Hall–Kier alpha value is -3.64. The number of carbonyl (C=O) groups is 4. The number of hydrogen-bond donors (Lipinski definition) is 4. The minimum atomic E-state index is -0.734. The molecule has 4 N–H and O–H groups in total. The Kier molecular flexibility index (Phi) is 19.0. The molecule has 1 unspecified atom stereocenters. The van der Waals surface area contributed by atoms with Crippen LogP contribution in [0.2, 0.25) is 0 Å². The SMILES string of the molecule is CC.CC[C@@H](C)C(NC(=O)[C@@H](CC[C@H](CC1CCCCC1)NC(=O)[C@@H](NC(=O)c1ccc2ccccc2n1)C1SCCS1)C(C)C)C(=O)NCc1ccccn1. The fourth-order valence-corrected chi connectivity index (χ4v) is 10.5. The largest absolute Gasteiger partial charge is 0.352 e. The van der Waals surface area contributed by atoms with Crippen LogP contribution in [0.1, 0.15) is 116 Å². The smallest absolute Gasteiger partial charge is 0.270 e. The second kappa shape index (κ2) is 23.6. The van der Waals surface area contributed by atoms with Gasteiger partial charge in [-0.15, -0.1) is 23.5 Å². The summed E-state index contributed by atoms with van der Waals surface area (Å²) >= 11 is 3.40. The fourth-order valence-electron chi connectivity index (χ4n) is 7.50. The number of pyridine rings is 2. The molecule has 0 radical (unpaired) electrons. The number of para-hydroxylation sites is 1. The lowest BCUT2D eigenvalue weighted by Gasteiger charge is -2.31. The van der Waals surface area contributed by atoms with Crippen molar-refractivity contribution in [2.75, 3.05) is 11.5 Å². The van der Waals surface area contributed by atoms with Crippen molar-refractivity contribution >= 4 is 58.1 Å². The van der Waals surface area contributed by atoms with Crippen molar-refractivity contribution in [2.45, 2.75) is 129 Å². The molecule has 5 atom stereocenters. The molecule has 2 aliphatic rings. The van der Waals surface area contributed by atoms with Gasteiger partial charge in [-0.3, -0.25) is 24.2 Å². The first kappa shape index (κ1) is 45.1. The van der Waals surface area contributed by atoms with Crippen molar-refractivity contribution in [1.82, 2.24) is 31.2 Å². The summed E-state index contributed by atoms with van der Waals surface area (Å²) in [5.41, 5.74) is 1.77. The van der Waals surface area contributed by atoms with Gasteiger partial charge in [-0.25, -0.2) is 4.98 Å². The Morgan fingerprint density at radius 1 is 0.804 bits per heavy atom. The van der Waals surface area contributed by atoms with Gasteiger partial charge in [-0.2, -0.15) is 0 Å². The normalized spacial score (nSPS) is 17.5. The number of carbonyl (C=O) groups excluding carboxylic acids is 4. The summed E-state index contributed by atoms with van der Waals surface area (Å²) in [6.45, 7) is 12.4. The van der Waals surface area contributed by atoms with Crippen LogP contribution in [0.15, 0.2) is 60.8 Å². The fraction of sp³-hybridized carbons (Fsp3) is 0.591. The summed E-state index contributed by atoms with van der Waals surface area (Å²) in [6, 6.07) is 15.3. The van der Waals surface area contributed by atoms with E-state index in [0.717, 1.165) is 53.8 Å². The summed E-state index contributed by atoms with van der Waals surface area (Å²) in [5.74, 6) is 1.03. The summed E-state index contributed by atoms with van der Waals surface area (Å²) in [5, 5.41) is 13.5. The van der Waals surface area contributed by atoms with Crippen LogP contribution in [0, 0.1) is 23.7 Å². The van der Waals surface area contributed by atoms with Crippen LogP contribution in [0.25, 0.3) is 10.9 Å². The van der Waals surface area contributed by atoms with Crippen molar-refractivity contribution in [3.63, 3.8) is 0 Å². The molecular weight excluding hydrogens is 741 g/mol. The van der Waals surface area contributed by atoms with Gasteiger partial charge in [0.05, 0.1) is 22.3 Å². The zero-order valence-electron chi connectivity index (χ0n) is 34.2. The molecule has 12 heteroatoms. The van der Waals surface area contributed by atoms with E-state index in [0.29, 0.717) is 18.8 Å². The van der Waals surface area contributed by atoms with Gasteiger partial charge in [0.1, 0.15) is 17.8 Å². The zero-order chi connectivity index (χ0) is 40.5. The predicted octanol–water partition coefficient (Wildman–Crippen LogP) is 7.92. The Balaban J connectivity index is 0.00000342. The number of aromatic nitrogens is 2. The van der Waals surface area contributed by atoms with Gasteiger partial charge in [0.15, 0.2) is 0 Å². The molecule has 1 aromatic carbocycles. The van der Waals surface area contributed by atoms with Crippen LogP contribution in [0.5, 0.6) is 0 Å². The molecular formula is C44H64N6O4S2. The topological polar surface area (TPSA) is 142 Å². The highest BCUT2D eigenvalue weighted by Crippen LogP contribution is 2.35. The van der Waals surface area contributed by atoms with Gasteiger partial charge in [0.2, 0.25) is 17.7 Å². The van der Waals surface area contributed by atoms with Gasteiger partial charge in [0, 0.05) is 35.0 Å². The number of rotatable bonds is 18. The molecule has 0 bridgehead atoms. The van der Waals surface area contributed by atoms with Crippen LogP contribution in [-0.4, -0.2) is 67.8 Å². The molecule has 1 saturated carbocycles. The third kappa shape index (κ3) is 13.5. The first-order chi connectivity index (χ1) is 27.1. The monoisotopic (exact) mass is 804 g/mol. The first-order valence-electron chi connectivity index (χ1n) is 20.8. The summed E-state index contributed by atoms with van der Waals surface area (Å²) in [7, 11) is 0. The summed E-state index contributed by atoms with van der Waals surface area (Å²) in [4.78, 5) is 64.2. The number of benzene rings is 1. The Morgan fingerprint density at radius 3 is 2.20 bits per heavy atom. The Labute approximate surface area is 343 Å². The number of nitrogens with one attached hydrogen (secondary N) is 4. The third-order valence-electron chi connectivity index (χ3n) is 10.9. The average molecular weight is 805 g/mol. The molecule has 1 aliphatic carbocycles. The maximum atomic E-state index is 14.3. The van der Waals surface area contributed by atoms with E-state index < -0.39 is 12.1 Å². The summed E-state index contributed by atoms with van der Waals surface area (Å²) < 4.78 is -0.111. The van der Waals surface area contributed by atoms with Gasteiger partial charge in [-0.05, 0) is 61.3 Å². The predicted molar refractivity (Wildman–Crippen MR) is 231 cm³/mol. The second-order valence-electron chi connectivity index (χ2n) is 15.2. The number of nitrogens with zero attached hydrogens (tertiary/aromatic N) is 2. The van der Waals surface area contributed by atoms with Crippen molar-refractivity contribution < 1.29 is 19.2 Å². The molecule has 2 aromatic heterocycles. The van der Waals surface area contributed by atoms with E-state index >= 15 is 0 Å². The van der Waals surface area contributed by atoms with E-state index in [4.69, 9.17) is 0 Å². The first-order valence-corrected chi connectivity index (χ1v) is 22.9. The third-order valence-corrected chi connectivity index (χ3v) is 14.1. The molecule has 306 valence electrons. The summed E-state index contributed by atoms with van der Waals surface area (Å²) in [6.07, 6.45) is 10.3. The molecule has 4 amide bonds. The minimum Gasteiger partial charge on any atom is -0.352 e. The van der Waals surface area contributed by atoms with E-state index in [9.17, 15) is 19.2 Å². The number of hydrogen-bond acceptors (Lipinski definition) is 8. The van der Waals surface area contributed by atoms with Crippen LogP contribution >= 0.6 is 23.5 Å². The lowest BCUT2D eigenvalue weighted by Crippen LogP contribution is -2.54. The lowest BCUT2D eigenvalue weighted by molar-refractivity contribution is -0.133. The van der Waals surface area contributed by atoms with Gasteiger partial charge >= 0.3 is 0 Å². The zero-order valence-corrected chi connectivity index (χ0v) is 35.9.